The zero-order valence-corrected chi connectivity index (χ0v) is 12.6. The molecule has 0 aliphatic carbocycles. The summed E-state index contributed by atoms with van der Waals surface area (Å²) in [6, 6.07) is 1.77. The SMILES string of the molecule is COCc1nc2c(o1)CCN(C(=O)c1cnn3cccnc13)C2. The number of carbonyl (C=O) groups is 1. The van der Waals surface area contributed by atoms with E-state index in [1.54, 1.807) is 41.2 Å². The maximum Gasteiger partial charge on any atom is 0.259 e. The van der Waals surface area contributed by atoms with Gasteiger partial charge < -0.3 is 14.1 Å². The molecule has 3 aromatic rings. The average Bonchev–Trinajstić information content (AvgIpc) is 3.17. The van der Waals surface area contributed by atoms with Crippen molar-refractivity contribution in [3.05, 3.63) is 47.6 Å². The molecule has 8 nitrogen and oxygen atoms in total. The van der Waals surface area contributed by atoms with Crippen molar-refractivity contribution in [2.45, 2.75) is 19.6 Å². The first-order valence-electron chi connectivity index (χ1n) is 7.30. The third-order valence-electron chi connectivity index (χ3n) is 3.84. The van der Waals surface area contributed by atoms with Gasteiger partial charge in [-0.1, -0.05) is 0 Å². The van der Waals surface area contributed by atoms with Gasteiger partial charge in [0.05, 0.1) is 12.7 Å². The van der Waals surface area contributed by atoms with E-state index in [0.717, 1.165) is 11.5 Å². The topological polar surface area (TPSA) is 85.8 Å². The Kier molecular flexibility index (Phi) is 3.30. The number of nitrogens with zero attached hydrogens (tertiary/aromatic N) is 5. The van der Waals surface area contributed by atoms with E-state index < -0.39 is 0 Å². The van der Waals surface area contributed by atoms with Crippen LogP contribution in [0.4, 0.5) is 0 Å². The van der Waals surface area contributed by atoms with E-state index in [0.29, 0.717) is 43.2 Å². The number of oxazole rings is 1. The van der Waals surface area contributed by atoms with Crippen LogP contribution in [0.2, 0.25) is 0 Å². The van der Waals surface area contributed by atoms with Gasteiger partial charge in [0.1, 0.15) is 23.6 Å². The summed E-state index contributed by atoms with van der Waals surface area (Å²) >= 11 is 0. The minimum atomic E-state index is -0.0966. The average molecular weight is 313 g/mol. The van der Waals surface area contributed by atoms with Crippen molar-refractivity contribution in [3.63, 3.8) is 0 Å². The van der Waals surface area contributed by atoms with Crippen molar-refractivity contribution in [2.75, 3.05) is 13.7 Å². The van der Waals surface area contributed by atoms with Gasteiger partial charge >= 0.3 is 0 Å². The molecule has 1 aliphatic rings. The molecular weight excluding hydrogens is 298 g/mol. The summed E-state index contributed by atoms with van der Waals surface area (Å²) < 4.78 is 12.3. The van der Waals surface area contributed by atoms with E-state index in [9.17, 15) is 4.79 Å². The summed E-state index contributed by atoms with van der Waals surface area (Å²) in [5, 5.41) is 4.16. The lowest BCUT2D eigenvalue weighted by Gasteiger charge is -2.24. The quantitative estimate of drug-likeness (QED) is 0.719. The first-order valence-corrected chi connectivity index (χ1v) is 7.30. The maximum absolute atomic E-state index is 12.8. The van der Waals surface area contributed by atoms with Crippen molar-refractivity contribution in [2.24, 2.45) is 0 Å². The highest BCUT2D eigenvalue weighted by Crippen LogP contribution is 2.22. The minimum absolute atomic E-state index is 0.0966. The number of hydrogen-bond acceptors (Lipinski definition) is 6. The Labute approximate surface area is 131 Å². The molecule has 0 spiro atoms. The van der Waals surface area contributed by atoms with Gasteiger partial charge in [-0.05, 0) is 6.07 Å². The van der Waals surface area contributed by atoms with Crippen LogP contribution in [0.5, 0.6) is 0 Å². The molecule has 1 aliphatic heterocycles. The maximum atomic E-state index is 12.8. The molecule has 0 N–H and O–H groups in total. The van der Waals surface area contributed by atoms with Gasteiger partial charge in [0, 0.05) is 32.5 Å². The van der Waals surface area contributed by atoms with E-state index in [1.807, 2.05) is 0 Å². The number of amides is 1. The van der Waals surface area contributed by atoms with Gasteiger partial charge in [0.2, 0.25) is 5.89 Å². The van der Waals surface area contributed by atoms with E-state index >= 15 is 0 Å². The highest BCUT2D eigenvalue weighted by atomic mass is 16.5. The summed E-state index contributed by atoms with van der Waals surface area (Å²) in [6.45, 7) is 1.34. The number of methoxy groups -OCH3 is 1. The van der Waals surface area contributed by atoms with Gasteiger partial charge in [-0.25, -0.2) is 14.5 Å². The number of carbonyl (C=O) groups excluding carboxylic acids is 1. The Morgan fingerprint density at radius 2 is 2.39 bits per heavy atom. The molecular formula is C15H15N5O3. The fourth-order valence-electron chi connectivity index (χ4n) is 2.76. The smallest absolute Gasteiger partial charge is 0.259 e. The van der Waals surface area contributed by atoms with Crippen LogP contribution < -0.4 is 0 Å². The Bertz CT molecular complexity index is 869. The van der Waals surface area contributed by atoms with Crippen LogP contribution in [0.3, 0.4) is 0 Å². The van der Waals surface area contributed by atoms with E-state index in [1.165, 1.54) is 0 Å². The van der Waals surface area contributed by atoms with Gasteiger partial charge in [-0.2, -0.15) is 5.10 Å². The first kappa shape index (κ1) is 13.9. The molecule has 1 amide bonds. The molecule has 8 heteroatoms. The summed E-state index contributed by atoms with van der Waals surface area (Å²) in [7, 11) is 1.59. The molecule has 0 saturated heterocycles. The lowest BCUT2D eigenvalue weighted by molar-refractivity contribution is 0.0729. The highest BCUT2D eigenvalue weighted by molar-refractivity contribution is 5.99. The molecule has 23 heavy (non-hydrogen) atoms. The van der Waals surface area contributed by atoms with Gasteiger partial charge in [-0.3, -0.25) is 4.79 Å². The van der Waals surface area contributed by atoms with E-state index in [2.05, 4.69) is 15.1 Å². The molecule has 0 fully saturated rings. The van der Waals surface area contributed by atoms with E-state index in [-0.39, 0.29) is 5.91 Å². The third-order valence-corrected chi connectivity index (χ3v) is 3.84. The molecule has 0 radical (unpaired) electrons. The zero-order chi connectivity index (χ0) is 15.8. The second kappa shape index (κ2) is 5.47. The monoisotopic (exact) mass is 313 g/mol. The Hall–Kier alpha value is -2.74. The van der Waals surface area contributed by atoms with Gasteiger partial charge in [-0.15, -0.1) is 0 Å². The fourth-order valence-corrected chi connectivity index (χ4v) is 2.76. The third kappa shape index (κ3) is 2.36. The molecule has 0 saturated carbocycles. The Morgan fingerprint density at radius 3 is 3.26 bits per heavy atom. The van der Waals surface area contributed by atoms with Crippen LogP contribution in [0.25, 0.3) is 5.65 Å². The van der Waals surface area contributed by atoms with Gasteiger partial charge in [0.15, 0.2) is 5.65 Å². The molecule has 0 atom stereocenters. The Balaban J connectivity index is 1.60. The van der Waals surface area contributed by atoms with Crippen molar-refractivity contribution in [1.29, 1.82) is 0 Å². The Morgan fingerprint density at radius 1 is 1.48 bits per heavy atom. The molecule has 4 rings (SSSR count). The summed E-state index contributed by atoms with van der Waals surface area (Å²) in [5.74, 6) is 1.28. The molecule has 0 unspecified atom stereocenters. The van der Waals surface area contributed by atoms with Crippen molar-refractivity contribution in [1.82, 2.24) is 24.5 Å². The van der Waals surface area contributed by atoms with Crippen LogP contribution in [-0.4, -0.2) is 44.0 Å². The molecule has 3 aromatic heterocycles. The van der Waals surface area contributed by atoms with Crippen LogP contribution >= 0.6 is 0 Å². The number of ether oxygens (including phenoxy) is 1. The number of aromatic nitrogens is 4. The second-order valence-corrected chi connectivity index (χ2v) is 5.33. The van der Waals surface area contributed by atoms with Crippen LogP contribution in [0.1, 0.15) is 27.7 Å². The molecule has 0 aromatic carbocycles. The lowest BCUT2D eigenvalue weighted by atomic mass is 10.1. The predicted octanol–water partition coefficient (Wildman–Crippen LogP) is 1.06. The largest absolute Gasteiger partial charge is 0.443 e. The predicted molar refractivity (Wildman–Crippen MR) is 78.6 cm³/mol. The molecule has 0 bridgehead atoms. The van der Waals surface area contributed by atoms with Crippen LogP contribution in [0, 0.1) is 0 Å². The highest BCUT2D eigenvalue weighted by Gasteiger charge is 2.28. The van der Waals surface area contributed by atoms with Crippen LogP contribution in [-0.2, 0) is 24.3 Å². The minimum Gasteiger partial charge on any atom is -0.443 e. The normalized spacial score (nSPS) is 14.2. The number of rotatable bonds is 3. The first-order chi connectivity index (χ1) is 11.3. The van der Waals surface area contributed by atoms with E-state index in [4.69, 9.17) is 9.15 Å². The van der Waals surface area contributed by atoms with Crippen molar-refractivity contribution < 1.29 is 13.9 Å². The molecule has 118 valence electrons. The fraction of sp³-hybridized carbons (Fsp3) is 0.333. The number of hydrogen-bond donors (Lipinski definition) is 0. The summed E-state index contributed by atoms with van der Waals surface area (Å²) in [5.41, 5.74) is 1.85. The van der Waals surface area contributed by atoms with Crippen LogP contribution in [0.15, 0.2) is 29.1 Å². The van der Waals surface area contributed by atoms with Gasteiger partial charge in [0.25, 0.3) is 5.91 Å². The van der Waals surface area contributed by atoms with Crippen molar-refractivity contribution in [3.8, 4) is 0 Å². The summed E-state index contributed by atoms with van der Waals surface area (Å²) in [4.78, 5) is 23.1. The number of fused-ring (bicyclic) bond motifs is 2. The van der Waals surface area contributed by atoms with Crippen molar-refractivity contribution >= 4 is 11.6 Å². The lowest BCUT2D eigenvalue weighted by Crippen LogP contribution is -2.35. The second-order valence-electron chi connectivity index (χ2n) is 5.33. The standard InChI is InChI=1S/C15H15N5O3/c1-22-9-13-18-11-8-19(6-3-12(11)23-13)15(21)10-7-17-20-5-2-4-16-14(10)20/h2,4-5,7H,3,6,8-9H2,1H3. The summed E-state index contributed by atoms with van der Waals surface area (Å²) in [6.07, 6.45) is 5.61. The molecule has 4 heterocycles. The zero-order valence-electron chi connectivity index (χ0n) is 12.6.